The van der Waals surface area contributed by atoms with E-state index >= 15 is 0 Å². The molecule has 0 aliphatic rings. The summed E-state index contributed by atoms with van der Waals surface area (Å²) in [7, 11) is 0. The lowest BCUT2D eigenvalue weighted by atomic mass is 10.1. The van der Waals surface area contributed by atoms with Gasteiger partial charge in [-0.15, -0.1) is 0 Å². The second-order valence-electron chi connectivity index (χ2n) is 4.13. The van der Waals surface area contributed by atoms with E-state index in [1.54, 1.807) is 12.4 Å². The van der Waals surface area contributed by atoms with Crippen LogP contribution in [-0.4, -0.2) is 10.1 Å². The highest BCUT2D eigenvalue weighted by Crippen LogP contribution is 2.16. The van der Waals surface area contributed by atoms with Gasteiger partial charge in [-0.05, 0) is 49.8 Å². The molecule has 4 heteroatoms. The lowest BCUT2D eigenvalue weighted by Crippen LogP contribution is -2.19. The average Bonchev–Trinajstić information content (AvgIpc) is 2.34. The van der Waals surface area contributed by atoms with E-state index < -0.39 is 0 Å². The predicted octanol–water partition coefficient (Wildman–Crippen LogP) is 3.51. The SMILES string of the molecule is Cc1ccc(NC(=S)Nc2ccncc2)c(C)c1. The Balaban J connectivity index is 2.03. The first kappa shape index (κ1) is 12.5. The van der Waals surface area contributed by atoms with E-state index in [0.29, 0.717) is 5.11 Å². The Hall–Kier alpha value is -1.94. The number of benzene rings is 1. The Morgan fingerprint density at radius 2 is 1.78 bits per heavy atom. The van der Waals surface area contributed by atoms with Crippen LogP contribution in [0.4, 0.5) is 11.4 Å². The zero-order valence-corrected chi connectivity index (χ0v) is 11.2. The van der Waals surface area contributed by atoms with Gasteiger partial charge in [0.15, 0.2) is 5.11 Å². The Morgan fingerprint density at radius 1 is 1.06 bits per heavy atom. The Bertz CT molecular complexity index is 552. The van der Waals surface area contributed by atoms with Crippen molar-refractivity contribution in [3.63, 3.8) is 0 Å². The summed E-state index contributed by atoms with van der Waals surface area (Å²) >= 11 is 5.27. The zero-order valence-electron chi connectivity index (χ0n) is 10.4. The fraction of sp³-hybridized carbons (Fsp3) is 0.143. The summed E-state index contributed by atoms with van der Waals surface area (Å²) in [6.07, 6.45) is 3.45. The van der Waals surface area contributed by atoms with Gasteiger partial charge in [-0.2, -0.15) is 0 Å². The number of aryl methyl sites for hydroxylation is 2. The number of rotatable bonds is 2. The van der Waals surface area contributed by atoms with Gasteiger partial charge in [-0.3, -0.25) is 4.98 Å². The fourth-order valence-electron chi connectivity index (χ4n) is 1.67. The summed E-state index contributed by atoms with van der Waals surface area (Å²) in [5.41, 5.74) is 4.36. The summed E-state index contributed by atoms with van der Waals surface area (Å²) in [6.45, 7) is 4.13. The molecule has 0 radical (unpaired) electrons. The number of pyridine rings is 1. The fourth-order valence-corrected chi connectivity index (χ4v) is 1.90. The molecule has 0 saturated heterocycles. The van der Waals surface area contributed by atoms with E-state index in [4.69, 9.17) is 12.2 Å². The predicted molar refractivity (Wildman–Crippen MR) is 80.0 cm³/mol. The van der Waals surface area contributed by atoms with Crippen LogP contribution in [0.5, 0.6) is 0 Å². The first-order chi connectivity index (χ1) is 8.65. The number of nitrogens with zero attached hydrogens (tertiary/aromatic N) is 1. The summed E-state index contributed by atoms with van der Waals surface area (Å²) in [6, 6.07) is 9.96. The molecule has 2 rings (SSSR count). The van der Waals surface area contributed by atoms with E-state index in [0.717, 1.165) is 11.4 Å². The largest absolute Gasteiger partial charge is 0.332 e. The van der Waals surface area contributed by atoms with Crippen molar-refractivity contribution in [2.45, 2.75) is 13.8 Å². The standard InChI is InChI=1S/C14H15N3S/c1-10-3-4-13(11(2)9-10)17-14(18)16-12-5-7-15-8-6-12/h3-9H,1-2H3,(H2,15,16,17,18). The number of thiocarbonyl (C=S) groups is 1. The molecule has 2 aromatic rings. The van der Waals surface area contributed by atoms with Gasteiger partial charge in [0.1, 0.15) is 0 Å². The van der Waals surface area contributed by atoms with Crippen LogP contribution in [0, 0.1) is 13.8 Å². The molecule has 18 heavy (non-hydrogen) atoms. The monoisotopic (exact) mass is 257 g/mol. The maximum absolute atomic E-state index is 5.27. The van der Waals surface area contributed by atoms with Crippen LogP contribution in [0.3, 0.4) is 0 Å². The second-order valence-corrected chi connectivity index (χ2v) is 4.54. The molecule has 0 fully saturated rings. The van der Waals surface area contributed by atoms with Gasteiger partial charge in [0.25, 0.3) is 0 Å². The lowest BCUT2D eigenvalue weighted by molar-refractivity contribution is 1.33. The zero-order chi connectivity index (χ0) is 13.0. The summed E-state index contributed by atoms with van der Waals surface area (Å²) in [4.78, 5) is 3.96. The van der Waals surface area contributed by atoms with Gasteiger partial charge in [0.05, 0.1) is 0 Å². The minimum absolute atomic E-state index is 0.577. The molecule has 1 aromatic carbocycles. The molecule has 1 aromatic heterocycles. The first-order valence-electron chi connectivity index (χ1n) is 5.70. The lowest BCUT2D eigenvalue weighted by Gasteiger charge is -2.12. The van der Waals surface area contributed by atoms with Crippen LogP contribution in [0.1, 0.15) is 11.1 Å². The van der Waals surface area contributed by atoms with Crippen LogP contribution < -0.4 is 10.6 Å². The highest BCUT2D eigenvalue weighted by molar-refractivity contribution is 7.80. The van der Waals surface area contributed by atoms with Crippen molar-refractivity contribution in [3.8, 4) is 0 Å². The van der Waals surface area contributed by atoms with Crippen LogP contribution >= 0.6 is 12.2 Å². The average molecular weight is 257 g/mol. The third kappa shape index (κ3) is 3.28. The minimum Gasteiger partial charge on any atom is -0.332 e. The Kier molecular flexibility index (Phi) is 3.89. The molecule has 2 N–H and O–H groups in total. The van der Waals surface area contributed by atoms with E-state index in [2.05, 4.69) is 41.6 Å². The molecule has 0 aliphatic heterocycles. The van der Waals surface area contributed by atoms with E-state index in [1.807, 2.05) is 18.2 Å². The Labute approximate surface area is 112 Å². The normalized spacial score (nSPS) is 9.89. The molecule has 0 atom stereocenters. The third-order valence-corrected chi connectivity index (χ3v) is 2.77. The number of hydrogen-bond acceptors (Lipinski definition) is 2. The van der Waals surface area contributed by atoms with Crippen LogP contribution in [0.25, 0.3) is 0 Å². The highest BCUT2D eigenvalue weighted by Gasteiger charge is 2.01. The van der Waals surface area contributed by atoms with E-state index in [9.17, 15) is 0 Å². The van der Waals surface area contributed by atoms with Crippen molar-refractivity contribution < 1.29 is 0 Å². The van der Waals surface area contributed by atoms with Crippen molar-refractivity contribution in [2.24, 2.45) is 0 Å². The van der Waals surface area contributed by atoms with E-state index in [1.165, 1.54) is 11.1 Å². The molecule has 92 valence electrons. The number of nitrogens with one attached hydrogen (secondary N) is 2. The molecule has 0 amide bonds. The van der Waals surface area contributed by atoms with Gasteiger partial charge in [-0.25, -0.2) is 0 Å². The molecule has 0 spiro atoms. The Morgan fingerprint density at radius 3 is 2.44 bits per heavy atom. The summed E-state index contributed by atoms with van der Waals surface area (Å²) in [5, 5.41) is 6.88. The van der Waals surface area contributed by atoms with Crippen molar-refractivity contribution in [1.29, 1.82) is 0 Å². The van der Waals surface area contributed by atoms with Crippen molar-refractivity contribution in [2.75, 3.05) is 10.6 Å². The van der Waals surface area contributed by atoms with Crippen molar-refractivity contribution in [1.82, 2.24) is 4.98 Å². The molecule has 1 heterocycles. The summed E-state index contributed by atoms with van der Waals surface area (Å²) < 4.78 is 0. The van der Waals surface area contributed by atoms with Crippen molar-refractivity contribution >= 4 is 28.7 Å². The molecular formula is C14H15N3S. The van der Waals surface area contributed by atoms with Crippen molar-refractivity contribution in [3.05, 3.63) is 53.9 Å². The van der Waals surface area contributed by atoms with Gasteiger partial charge in [0.2, 0.25) is 0 Å². The first-order valence-corrected chi connectivity index (χ1v) is 6.11. The van der Waals surface area contributed by atoms with E-state index in [-0.39, 0.29) is 0 Å². The van der Waals surface area contributed by atoms with Gasteiger partial charge in [0, 0.05) is 23.8 Å². The van der Waals surface area contributed by atoms with Crippen LogP contribution in [0.15, 0.2) is 42.7 Å². The topological polar surface area (TPSA) is 37.0 Å². The highest BCUT2D eigenvalue weighted by atomic mass is 32.1. The smallest absolute Gasteiger partial charge is 0.175 e. The van der Waals surface area contributed by atoms with Gasteiger partial charge in [-0.1, -0.05) is 17.7 Å². The number of hydrogen-bond donors (Lipinski definition) is 2. The van der Waals surface area contributed by atoms with Crippen LogP contribution in [0.2, 0.25) is 0 Å². The second kappa shape index (κ2) is 5.60. The molecule has 0 unspecified atom stereocenters. The van der Waals surface area contributed by atoms with Gasteiger partial charge < -0.3 is 10.6 Å². The molecule has 0 aliphatic carbocycles. The molecule has 3 nitrogen and oxygen atoms in total. The van der Waals surface area contributed by atoms with Crippen LogP contribution in [-0.2, 0) is 0 Å². The molecule has 0 saturated carbocycles. The molecular weight excluding hydrogens is 242 g/mol. The number of anilines is 2. The molecule has 0 bridgehead atoms. The summed E-state index contributed by atoms with van der Waals surface area (Å²) in [5.74, 6) is 0. The maximum atomic E-state index is 5.27. The third-order valence-electron chi connectivity index (χ3n) is 2.57. The minimum atomic E-state index is 0.577. The maximum Gasteiger partial charge on any atom is 0.175 e. The number of aromatic nitrogens is 1. The quantitative estimate of drug-likeness (QED) is 0.807. The van der Waals surface area contributed by atoms with Gasteiger partial charge >= 0.3 is 0 Å².